The average molecular weight is 438 g/mol. The Bertz CT molecular complexity index is 1100. The normalized spacial score (nSPS) is 13.2. The van der Waals surface area contributed by atoms with Gasteiger partial charge in [-0.05, 0) is 52.8 Å². The molecule has 2 heteroatoms. The predicted octanol–water partition coefficient (Wildman–Crippen LogP) is 6.81. The first kappa shape index (κ1) is 16.3. The fraction of sp³-hybridized carbons (Fsp3) is 0.0870. The van der Waals surface area contributed by atoms with Gasteiger partial charge >= 0.3 is 0 Å². The average Bonchev–Trinajstić information content (AvgIpc) is 3.04. The van der Waals surface area contributed by atoms with Gasteiger partial charge in [0.2, 0.25) is 0 Å². The first-order valence-electron chi connectivity index (χ1n) is 8.28. The van der Waals surface area contributed by atoms with Crippen molar-refractivity contribution in [3.63, 3.8) is 0 Å². The van der Waals surface area contributed by atoms with E-state index < -0.39 is 0 Å². The zero-order valence-corrected chi connectivity index (χ0v) is 16.4. The van der Waals surface area contributed by atoms with Crippen molar-refractivity contribution in [3.05, 3.63) is 90.0 Å². The number of rotatable bonds is 3. The molecule has 1 aromatic heterocycles. The third-order valence-corrected chi connectivity index (χ3v) is 6.53. The monoisotopic (exact) mass is 438 g/mol. The summed E-state index contributed by atoms with van der Waals surface area (Å²) in [6.45, 7) is 2.19. The SMILES string of the molecule is CI=C(/C=C(\C)c1ccccc1)c1ccc2c(c1)oc1ccccc12. The zero-order valence-electron chi connectivity index (χ0n) is 14.3. The summed E-state index contributed by atoms with van der Waals surface area (Å²) in [5.74, 6) is 0. The van der Waals surface area contributed by atoms with E-state index in [1.807, 2.05) is 12.1 Å². The summed E-state index contributed by atoms with van der Waals surface area (Å²) in [6.07, 6.45) is 2.34. The van der Waals surface area contributed by atoms with E-state index in [1.165, 1.54) is 31.0 Å². The van der Waals surface area contributed by atoms with Crippen LogP contribution in [0.3, 0.4) is 0 Å². The highest BCUT2D eigenvalue weighted by Gasteiger charge is 2.08. The molecule has 0 atom stereocenters. The number of alkyl halides is 1. The maximum absolute atomic E-state index is 6.06. The molecule has 0 radical (unpaired) electrons. The summed E-state index contributed by atoms with van der Waals surface area (Å²) in [5.41, 5.74) is 5.79. The second-order valence-corrected chi connectivity index (χ2v) is 8.28. The Kier molecular flexibility index (Phi) is 4.53. The van der Waals surface area contributed by atoms with Gasteiger partial charge < -0.3 is 4.42 Å². The number of para-hydroxylation sites is 1. The van der Waals surface area contributed by atoms with Gasteiger partial charge in [0, 0.05) is 14.3 Å². The minimum Gasteiger partial charge on any atom is -0.456 e. The molecule has 0 aliphatic heterocycles. The van der Waals surface area contributed by atoms with Crippen LogP contribution in [-0.2, 0) is 0 Å². The van der Waals surface area contributed by atoms with Crippen molar-refractivity contribution in [3.8, 4) is 0 Å². The Labute approximate surface area is 157 Å². The van der Waals surface area contributed by atoms with Crippen LogP contribution in [-0.4, -0.2) is 8.44 Å². The Morgan fingerprint density at radius 2 is 1.52 bits per heavy atom. The van der Waals surface area contributed by atoms with Crippen LogP contribution in [0.25, 0.3) is 27.5 Å². The van der Waals surface area contributed by atoms with Crippen molar-refractivity contribution >= 4 is 51.8 Å². The number of fused-ring (bicyclic) bond motifs is 3. The molecule has 0 bridgehead atoms. The second-order valence-electron chi connectivity index (χ2n) is 6.04. The van der Waals surface area contributed by atoms with E-state index in [4.69, 9.17) is 4.42 Å². The zero-order chi connectivity index (χ0) is 17.2. The maximum atomic E-state index is 6.06. The van der Waals surface area contributed by atoms with Gasteiger partial charge in [-0.2, -0.15) is 0 Å². The van der Waals surface area contributed by atoms with Crippen LogP contribution in [0, 0.1) is 0 Å². The molecular formula is C23H19IO. The molecule has 0 aliphatic carbocycles. The third-order valence-electron chi connectivity index (χ3n) is 4.43. The lowest BCUT2D eigenvalue weighted by Gasteiger charge is -2.05. The van der Waals surface area contributed by atoms with Crippen LogP contribution in [0.15, 0.2) is 83.3 Å². The number of hydrogen-bond acceptors (Lipinski definition) is 1. The molecule has 0 aliphatic rings. The smallest absolute Gasteiger partial charge is 0.136 e. The molecule has 0 N–H and O–H groups in total. The molecule has 1 heterocycles. The largest absolute Gasteiger partial charge is 0.456 e. The third kappa shape index (κ3) is 3.19. The van der Waals surface area contributed by atoms with Gasteiger partial charge in [-0.1, -0.05) is 54.6 Å². The van der Waals surface area contributed by atoms with E-state index in [9.17, 15) is 0 Å². The van der Waals surface area contributed by atoms with Gasteiger partial charge in [-0.15, -0.1) is 20.7 Å². The van der Waals surface area contributed by atoms with Crippen molar-refractivity contribution in [2.24, 2.45) is 0 Å². The maximum Gasteiger partial charge on any atom is 0.136 e. The Balaban J connectivity index is 1.78. The van der Waals surface area contributed by atoms with Crippen LogP contribution >= 0.6 is 20.7 Å². The van der Waals surface area contributed by atoms with Crippen LogP contribution in [0.5, 0.6) is 0 Å². The summed E-state index contributed by atoms with van der Waals surface area (Å²) in [6, 6.07) is 25.4. The quantitative estimate of drug-likeness (QED) is 0.253. The van der Waals surface area contributed by atoms with Gasteiger partial charge in [-0.3, -0.25) is 0 Å². The topological polar surface area (TPSA) is 13.1 Å². The van der Waals surface area contributed by atoms with Crippen molar-refractivity contribution in [1.82, 2.24) is 0 Å². The molecule has 4 rings (SSSR count). The Morgan fingerprint density at radius 3 is 2.32 bits per heavy atom. The van der Waals surface area contributed by atoms with Crippen molar-refractivity contribution in [1.29, 1.82) is 0 Å². The summed E-state index contributed by atoms with van der Waals surface area (Å²) >= 11 is -0.0449. The number of allylic oxidation sites excluding steroid dienone is 2. The standard InChI is InChI=1S/C23H19IO/c1-16(17-8-4-3-5-9-17)14-21(24-2)18-12-13-20-19-10-6-7-11-22(19)25-23(20)15-18/h3-15H,1-2H3/b16-14+. The predicted molar refractivity (Wildman–Crippen MR) is 118 cm³/mol. The first-order valence-corrected chi connectivity index (χ1v) is 11.5. The minimum atomic E-state index is -0.0449. The first-order chi connectivity index (χ1) is 12.3. The van der Waals surface area contributed by atoms with E-state index in [0.29, 0.717) is 0 Å². The molecule has 0 saturated heterocycles. The number of benzene rings is 3. The molecule has 0 spiro atoms. The Hall–Kier alpha value is -2.20. The molecule has 4 aromatic rings. The highest BCUT2D eigenvalue weighted by molar-refractivity contribution is 14.2. The summed E-state index contributed by atoms with van der Waals surface area (Å²) in [7, 11) is 0. The summed E-state index contributed by atoms with van der Waals surface area (Å²) in [5, 5.41) is 2.38. The van der Waals surface area contributed by atoms with E-state index in [0.717, 1.165) is 11.2 Å². The van der Waals surface area contributed by atoms with Crippen molar-refractivity contribution in [2.75, 3.05) is 4.93 Å². The molecule has 25 heavy (non-hydrogen) atoms. The number of furan rings is 1. The van der Waals surface area contributed by atoms with E-state index in [2.05, 4.69) is 78.6 Å². The van der Waals surface area contributed by atoms with Crippen LogP contribution in [0.2, 0.25) is 0 Å². The fourth-order valence-corrected chi connectivity index (χ4v) is 4.83. The lowest BCUT2D eigenvalue weighted by molar-refractivity contribution is 0.669. The van der Waals surface area contributed by atoms with Crippen LogP contribution in [0.1, 0.15) is 18.1 Å². The van der Waals surface area contributed by atoms with E-state index >= 15 is 0 Å². The molecular weight excluding hydrogens is 419 g/mol. The van der Waals surface area contributed by atoms with Crippen molar-refractivity contribution < 1.29 is 4.42 Å². The van der Waals surface area contributed by atoms with Crippen LogP contribution < -0.4 is 0 Å². The molecule has 0 saturated carbocycles. The number of halogens is 1. The lowest BCUT2D eigenvalue weighted by atomic mass is 10.0. The van der Waals surface area contributed by atoms with E-state index in [1.54, 1.807) is 0 Å². The van der Waals surface area contributed by atoms with E-state index in [-0.39, 0.29) is 20.7 Å². The van der Waals surface area contributed by atoms with Gasteiger partial charge in [-0.25, -0.2) is 0 Å². The van der Waals surface area contributed by atoms with Crippen molar-refractivity contribution in [2.45, 2.75) is 6.92 Å². The van der Waals surface area contributed by atoms with Gasteiger partial charge in [0.1, 0.15) is 11.2 Å². The highest BCUT2D eigenvalue weighted by atomic mass is 127. The fourth-order valence-electron chi connectivity index (χ4n) is 3.10. The van der Waals surface area contributed by atoms with Gasteiger partial charge in [0.15, 0.2) is 0 Å². The summed E-state index contributed by atoms with van der Waals surface area (Å²) < 4.78 is 7.49. The van der Waals surface area contributed by atoms with Crippen LogP contribution in [0.4, 0.5) is 0 Å². The molecule has 1 nitrogen and oxygen atoms in total. The highest BCUT2D eigenvalue weighted by Crippen LogP contribution is 2.30. The lowest BCUT2D eigenvalue weighted by Crippen LogP contribution is -1.94. The molecule has 0 amide bonds. The number of hydrogen-bond donors (Lipinski definition) is 0. The molecule has 3 aromatic carbocycles. The molecule has 124 valence electrons. The minimum absolute atomic E-state index is 0.0449. The Morgan fingerprint density at radius 1 is 0.800 bits per heavy atom. The molecule has 0 fully saturated rings. The molecule has 0 unspecified atom stereocenters. The summed E-state index contributed by atoms with van der Waals surface area (Å²) in [4.78, 5) is 2.31. The van der Waals surface area contributed by atoms with Gasteiger partial charge in [0.25, 0.3) is 0 Å². The second kappa shape index (κ2) is 6.96. The van der Waals surface area contributed by atoms with Gasteiger partial charge in [0.05, 0.1) is 0 Å².